The van der Waals surface area contributed by atoms with Crippen LogP contribution in [-0.4, -0.2) is 11.1 Å². The molecular formula is C20H14ClFO3. The van der Waals surface area contributed by atoms with Gasteiger partial charge >= 0.3 is 5.97 Å². The van der Waals surface area contributed by atoms with E-state index in [-0.39, 0.29) is 5.02 Å². The number of carboxylic acid groups (broad SMARTS) is 1. The summed E-state index contributed by atoms with van der Waals surface area (Å²) in [7, 11) is 0. The normalized spacial score (nSPS) is 10.5. The molecule has 3 rings (SSSR count). The molecule has 0 spiro atoms. The molecule has 0 amide bonds. The van der Waals surface area contributed by atoms with Gasteiger partial charge in [-0.05, 0) is 35.4 Å². The first kappa shape index (κ1) is 17.0. The summed E-state index contributed by atoms with van der Waals surface area (Å²) in [4.78, 5) is 10.9. The van der Waals surface area contributed by atoms with Crippen LogP contribution < -0.4 is 4.74 Å². The molecule has 5 heteroatoms. The van der Waals surface area contributed by atoms with Crippen molar-refractivity contribution >= 4 is 17.6 Å². The maximum atomic E-state index is 13.9. The zero-order chi connectivity index (χ0) is 17.8. The number of carboxylic acids is 1. The highest BCUT2D eigenvalue weighted by Crippen LogP contribution is 2.31. The Kier molecular flexibility index (Phi) is 5.00. The van der Waals surface area contributed by atoms with Crippen LogP contribution >= 0.6 is 11.6 Å². The Hall–Kier alpha value is -2.85. The van der Waals surface area contributed by atoms with E-state index >= 15 is 0 Å². The number of hydrogen-bond donors (Lipinski definition) is 1. The number of halogens is 2. The minimum atomic E-state index is -1.35. The number of rotatable bonds is 5. The van der Waals surface area contributed by atoms with Crippen LogP contribution in [0.5, 0.6) is 5.75 Å². The Labute approximate surface area is 149 Å². The molecule has 0 bridgehead atoms. The van der Waals surface area contributed by atoms with Crippen LogP contribution in [0.4, 0.5) is 4.39 Å². The molecule has 0 heterocycles. The molecule has 0 aliphatic heterocycles. The first-order valence-corrected chi connectivity index (χ1v) is 7.92. The fourth-order valence-electron chi connectivity index (χ4n) is 2.40. The maximum Gasteiger partial charge on any atom is 0.338 e. The number of carbonyl (C=O) groups is 1. The van der Waals surface area contributed by atoms with E-state index in [0.717, 1.165) is 17.7 Å². The van der Waals surface area contributed by atoms with Gasteiger partial charge in [-0.25, -0.2) is 9.18 Å². The van der Waals surface area contributed by atoms with Gasteiger partial charge in [0.15, 0.2) is 0 Å². The van der Waals surface area contributed by atoms with Crippen molar-refractivity contribution in [1.82, 2.24) is 0 Å². The lowest BCUT2D eigenvalue weighted by Crippen LogP contribution is -2.01. The van der Waals surface area contributed by atoms with E-state index < -0.39 is 17.3 Å². The molecule has 1 N–H and O–H groups in total. The average Bonchev–Trinajstić information content (AvgIpc) is 2.63. The molecule has 0 atom stereocenters. The molecule has 0 saturated heterocycles. The van der Waals surface area contributed by atoms with E-state index in [4.69, 9.17) is 21.4 Å². The van der Waals surface area contributed by atoms with Gasteiger partial charge in [0.05, 0.1) is 5.56 Å². The van der Waals surface area contributed by atoms with E-state index in [9.17, 15) is 9.18 Å². The van der Waals surface area contributed by atoms with Crippen LogP contribution in [0.3, 0.4) is 0 Å². The highest BCUT2D eigenvalue weighted by Gasteiger charge is 2.15. The van der Waals surface area contributed by atoms with Crippen molar-refractivity contribution in [3.63, 3.8) is 0 Å². The standard InChI is InChI=1S/C20H14ClFO3/c21-18-10-17(20(23)24)19(22)11-16(18)14-6-8-15(9-7-14)25-12-13-4-2-1-3-5-13/h1-11H,12H2,(H,23,24). The summed E-state index contributed by atoms with van der Waals surface area (Å²) in [5, 5.41) is 9.10. The Morgan fingerprint density at radius 3 is 2.36 bits per heavy atom. The average molecular weight is 357 g/mol. The van der Waals surface area contributed by atoms with E-state index in [0.29, 0.717) is 23.5 Å². The van der Waals surface area contributed by atoms with Crippen LogP contribution in [0.15, 0.2) is 66.7 Å². The van der Waals surface area contributed by atoms with Crippen LogP contribution in [-0.2, 0) is 6.61 Å². The lowest BCUT2D eigenvalue weighted by atomic mass is 10.0. The summed E-state index contributed by atoms with van der Waals surface area (Å²) in [6.07, 6.45) is 0. The van der Waals surface area contributed by atoms with Crippen molar-refractivity contribution in [2.75, 3.05) is 0 Å². The third-order valence-electron chi connectivity index (χ3n) is 3.70. The largest absolute Gasteiger partial charge is 0.489 e. The fourth-order valence-corrected chi connectivity index (χ4v) is 2.68. The van der Waals surface area contributed by atoms with Crippen molar-refractivity contribution in [2.45, 2.75) is 6.61 Å². The molecule has 0 aliphatic rings. The lowest BCUT2D eigenvalue weighted by molar-refractivity contribution is 0.0692. The van der Waals surface area contributed by atoms with Gasteiger partial charge in [0.2, 0.25) is 0 Å². The molecule has 3 aromatic rings. The smallest absolute Gasteiger partial charge is 0.338 e. The van der Waals surface area contributed by atoms with Gasteiger partial charge in [-0.2, -0.15) is 0 Å². The van der Waals surface area contributed by atoms with E-state index in [2.05, 4.69) is 0 Å². The molecular weight excluding hydrogens is 343 g/mol. The molecule has 0 aromatic heterocycles. The van der Waals surface area contributed by atoms with Gasteiger partial charge < -0.3 is 9.84 Å². The second-order valence-corrected chi connectivity index (χ2v) is 5.82. The number of ether oxygens (including phenoxy) is 1. The predicted molar refractivity (Wildman–Crippen MR) is 94.6 cm³/mol. The molecule has 3 nitrogen and oxygen atoms in total. The van der Waals surface area contributed by atoms with Crippen LogP contribution in [0.1, 0.15) is 15.9 Å². The Morgan fingerprint density at radius 2 is 1.72 bits per heavy atom. The summed E-state index contributed by atoms with van der Waals surface area (Å²) in [5.41, 5.74) is 1.71. The molecule has 0 saturated carbocycles. The topological polar surface area (TPSA) is 46.5 Å². The van der Waals surface area contributed by atoms with Crippen molar-refractivity contribution in [3.05, 3.63) is 88.7 Å². The Bertz CT molecular complexity index is 893. The molecule has 3 aromatic carbocycles. The van der Waals surface area contributed by atoms with E-state index in [1.54, 1.807) is 24.3 Å². The summed E-state index contributed by atoms with van der Waals surface area (Å²) >= 11 is 6.10. The summed E-state index contributed by atoms with van der Waals surface area (Å²) in [6.45, 7) is 0.447. The molecule has 0 unspecified atom stereocenters. The molecule has 25 heavy (non-hydrogen) atoms. The highest BCUT2D eigenvalue weighted by molar-refractivity contribution is 6.33. The van der Waals surface area contributed by atoms with E-state index in [1.165, 1.54) is 0 Å². The van der Waals surface area contributed by atoms with Crippen LogP contribution in [0.25, 0.3) is 11.1 Å². The summed E-state index contributed by atoms with van der Waals surface area (Å²) in [6, 6.07) is 19.1. The SMILES string of the molecule is O=C(O)c1cc(Cl)c(-c2ccc(OCc3ccccc3)cc2)cc1F. The second kappa shape index (κ2) is 7.36. The van der Waals surface area contributed by atoms with E-state index in [1.807, 2.05) is 30.3 Å². The zero-order valence-electron chi connectivity index (χ0n) is 13.1. The molecule has 0 radical (unpaired) electrons. The minimum Gasteiger partial charge on any atom is -0.489 e. The van der Waals surface area contributed by atoms with Crippen molar-refractivity contribution in [2.24, 2.45) is 0 Å². The highest BCUT2D eigenvalue weighted by atomic mass is 35.5. The monoisotopic (exact) mass is 356 g/mol. The molecule has 0 aliphatic carbocycles. The first-order valence-electron chi connectivity index (χ1n) is 7.54. The Balaban J connectivity index is 1.78. The van der Waals surface area contributed by atoms with Crippen molar-refractivity contribution < 1.29 is 19.0 Å². The third kappa shape index (κ3) is 3.98. The van der Waals surface area contributed by atoms with Crippen molar-refractivity contribution in [1.29, 1.82) is 0 Å². The van der Waals surface area contributed by atoms with Crippen LogP contribution in [0, 0.1) is 5.82 Å². The van der Waals surface area contributed by atoms with Gasteiger partial charge in [0.1, 0.15) is 18.2 Å². The third-order valence-corrected chi connectivity index (χ3v) is 4.01. The number of benzene rings is 3. The quantitative estimate of drug-likeness (QED) is 0.663. The minimum absolute atomic E-state index is 0.178. The van der Waals surface area contributed by atoms with Gasteiger partial charge in [0.25, 0.3) is 0 Å². The van der Waals surface area contributed by atoms with Gasteiger partial charge in [-0.1, -0.05) is 54.1 Å². The second-order valence-electron chi connectivity index (χ2n) is 5.42. The molecule has 126 valence electrons. The van der Waals surface area contributed by atoms with Crippen LogP contribution in [0.2, 0.25) is 5.02 Å². The lowest BCUT2D eigenvalue weighted by Gasteiger charge is -2.09. The zero-order valence-corrected chi connectivity index (χ0v) is 13.8. The van der Waals surface area contributed by atoms with Crippen molar-refractivity contribution in [3.8, 4) is 16.9 Å². The predicted octanol–water partition coefficient (Wildman–Crippen LogP) is 5.42. The first-order chi connectivity index (χ1) is 12.0. The van der Waals surface area contributed by atoms with Gasteiger partial charge in [-0.15, -0.1) is 0 Å². The maximum absolute atomic E-state index is 13.9. The Morgan fingerprint density at radius 1 is 1.04 bits per heavy atom. The van der Waals surface area contributed by atoms with Gasteiger partial charge in [0, 0.05) is 10.6 Å². The fraction of sp³-hybridized carbons (Fsp3) is 0.0500. The molecule has 0 fully saturated rings. The van der Waals surface area contributed by atoms with Gasteiger partial charge in [-0.3, -0.25) is 0 Å². The number of hydrogen-bond acceptors (Lipinski definition) is 2. The number of aromatic carboxylic acids is 1. The summed E-state index contributed by atoms with van der Waals surface area (Å²) in [5.74, 6) is -1.50. The summed E-state index contributed by atoms with van der Waals surface area (Å²) < 4.78 is 19.6.